The first kappa shape index (κ1) is 13.5. The van der Waals surface area contributed by atoms with Crippen LogP contribution in [0.1, 0.15) is 30.9 Å². The summed E-state index contributed by atoms with van der Waals surface area (Å²) < 4.78 is 2.24. The Morgan fingerprint density at radius 2 is 2.18 bits per heavy atom. The van der Waals surface area contributed by atoms with Crippen LogP contribution in [0.25, 0.3) is 10.9 Å². The van der Waals surface area contributed by atoms with Crippen molar-refractivity contribution in [3.8, 4) is 0 Å². The zero-order chi connectivity index (χ0) is 14.8. The molecule has 0 bridgehead atoms. The molecule has 1 saturated carbocycles. The minimum Gasteiger partial charge on any atom is -0.333 e. The van der Waals surface area contributed by atoms with Crippen LogP contribution in [0.4, 0.5) is 0 Å². The molecular weight excluding hydrogens is 272 g/mol. The summed E-state index contributed by atoms with van der Waals surface area (Å²) in [4.78, 5) is 8.72. The minimum atomic E-state index is 0.515. The van der Waals surface area contributed by atoms with Crippen molar-refractivity contribution in [1.82, 2.24) is 19.9 Å². The highest BCUT2D eigenvalue weighted by Crippen LogP contribution is 2.30. The molecule has 1 aliphatic rings. The van der Waals surface area contributed by atoms with E-state index in [0.29, 0.717) is 12.1 Å². The molecule has 112 valence electrons. The Labute approximate surface area is 130 Å². The van der Waals surface area contributed by atoms with Crippen molar-refractivity contribution in [3.63, 3.8) is 0 Å². The molecule has 0 radical (unpaired) electrons. The monoisotopic (exact) mass is 292 g/mol. The predicted octanol–water partition coefficient (Wildman–Crippen LogP) is 3.31. The molecule has 2 atom stereocenters. The van der Waals surface area contributed by atoms with Gasteiger partial charge in [0.1, 0.15) is 0 Å². The molecule has 0 saturated heterocycles. The van der Waals surface area contributed by atoms with Gasteiger partial charge in [-0.05, 0) is 37.0 Å². The molecule has 0 unspecified atom stereocenters. The smallest absolute Gasteiger partial charge is 0.0949 e. The van der Waals surface area contributed by atoms with Gasteiger partial charge in [-0.25, -0.2) is 4.98 Å². The maximum absolute atomic E-state index is 4.54. The number of hydrogen-bond donors (Lipinski definition) is 1. The molecule has 1 N–H and O–H groups in total. The predicted molar refractivity (Wildman–Crippen MR) is 87.5 cm³/mol. The van der Waals surface area contributed by atoms with Crippen LogP contribution in [0.2, 0.25) is 0 Å². The fraction of sp³-hybridized carbons (Fsp3) is 0.333. The molecular formula is C18H20N4. The van der Waals surface area contributed by atoms with Crippen LogP contribution >= 0.6 is 0 Å². The van der Waals surface area contributed by atoms with Crippen LogP contribution in [-0.2, 0) is 6.54 Å². The van der Waals surface area contributed by atoms with Crippen molar-refractivity contribution in [1.29, 1.82) is 0 Å². The Balaban J connectivity index is 1.46. The second-order valence-electron chi connectivity index (χ2n) is 6.03. The van der Waals surface area contributed by atoms with Gasteiger partial charge in [-0.15, -0.1) is 0 Å². The molecule has 0 aliphatic heterocycles. The first-order chi connectivity index (χ1) is 10.9. The summed E-state index contributed by atoms with van der Waals surface area (Å²) in [5.74, 6) is 0. The number of nitrogens with one attached hydrogen (secondary N) is 1. The molecule has 4 heteroatoms. The van der Waals surface area contributed by atoms with E-state index in [1.807, 2.05) is 24.8 Å². The average Bonchev–Trinajstić information content (AvgIpc) is 3.23. The normalized spacial score (nSPS) is 21.5. The van der Waals surface area contributed by atoms with Gasteiger partial charge >= 0.3 is 0 Å². The number of pyridine rings is 1. The van der Waals surface area contributed by atoms with Gasteiger partial charge in [0.15, 0.2) is 0 Å². The first-order valence-electron chi connectivity index (χ1n) is 7.95. The molecule has 22 heavy (non-hydrogen) atoms. The number of fused-ring (bicyclic) bond motifs is 1. The van der Waals surface area contributed by atoms with E-state index < -0.39 is 0 Å². The summed E-state index contributed by atoms with van der Waals surface area (Å²) in [6, 6.07) is 11.5. The van der Waals surface area contributed by atoms with Crippen molar-refractivity contribution < 1.29 is 0 Å². The molecule has 0 spiro atoms. The third kappa shape index (κ3) is 2.62. The zero-order valence-electron chi connectivity index (χ0n) is 12.5. The molecule has 4 rings (SSSR count). The summed E-state index contributed by atoms with van der Waals surface area (Å²) in [5.41, 5.74) is 2.30. The van der Waals surface area contributed by atoms with Gasteiger partial charge in [0.2, 0.25) is 0 Å². The van der Waals surface area contributed by atoms with Gasteiger partial charge in [0.05, 0.1) is 11.8 Å². The molecule has 4 nitrogen and oxygen atoms in total. The largest absolute Gasteiger partial charge is 0.333 e. The van der Waals surface area contributed by atoms with Crippen LogP contribution < -0.4 is 5.32 Å². The first-order valence-corrected chi connectivity index (χ1v) is 7.95. The highest BCUT2D eigenvalue weighted by Gasteiger charge is 2.27. The molecule has 1 aromatic carbocycles. The number of imidazole rings is 1. The Morgan fingerprint density at radius 3 is 3.09 bits per heavy atom. The Bertz CT molecular complexity index is 751. The average molecular weight is 292 g/mol. The lowest BCUT2D eigenvalue weighted by Gasteiger charge is -2.22. The molecule has 1 fully saturated rings. The molecule has 2 aromatic heterocycles. The van der Waals surface area contributed by atoms with E-state index >= 15 is 0 Å². The van der Waals surface area contributed by atoms with Gasteiger partial charge in [0.25, 0.3) is 0 Å². The fourth-order valence-corrected chi connectivity index (χ4v) is 3.46. The van der Waals surface area contributed by atoms with Crippen molar-refractivity contribution in [2.75, 3.05) is 0 Å². The fourth-order valence-electron chi connectivity index (χ4n) is 3.46. The lowest BCUT2D eigenvalue weighted by Crippen LogP contribution is -2.33. The standard InChI is InChI=1S/C18H20N4/c1-2-5-16-15(4-1)10-14(11-20-16)12-21-17-6-3-7-18(17)22-9-8-19-13-22/h1-2,4-5,8-11,13,17-18,21H,3,6-7,12H2/t17-,18+/m1/s1. The lowest BCUT2D eigenvalue weighted by atomic mass is 10.1. The summed E-state index contributed by atoms with van der Waals surface area (Å²) >= 11 is 0. The Hall–Kier alpha value is -2.20. The van der Waals surface area contributed by atoms with Gasteiger partial charge in [0, 0.05) is 42.6 Å². The third-order valence-corrected chi connectivity index (χ3v) is 4.60. The summed E-state index contributed by atoms with van der Waals surface area (Å²) in [6.07, 6.45) is 11.6. The van der Waals surface area contributed by atoms with Crippen LogP contribution in [0.15, 0.2) is 55.2 Å². The topological polar surface area (TPSA) is 42.7 Å². The number of hydrogen-bond acceptors (Lipinski definition) is 3. The van der Waals surface area contributed by atoms with E-state index in [4.69, 9.17) is 0 Å². The van der Waals surface area contributed by atoms with Gasteiger partial charge in [-0.3, -0.25) is 4.98 Å². The molecule has 1 aliphatic carbocycles. The van der Waals surface area contributed by atoms with E-state index in [1.54, 1.807) is 0 Å². The number of aromatic nitrogens is 3. The van der Waals surface area contributed by atoms with Crippen LogP contribution in [0.5, 0.6) is 0 Å². The van der Waals surface area contributed by atoms with E-state index in [1.165, 1.54) is 30.2 Å². The van der Waals surface area contributed by atoms with Gasteiger partial charge < -0.3 is 9.88 Å². The minimum absolute atomic E-state index is 0.515. The van der Waals surface area contributed by atoms with Crippen molar-refractivity contribution >= 4 is 10.9 Å². The maximum Gasteiger partial charge on any atom is 0.0949 e. The Morgan fingerprint density at radius 1 is 1.23 bits per heavy atom. The molecule has 3 aromatic rings. The van der Waals surface area contributed by atoms with E-state index in [-0.39, 0.29) is 0 Å². The van der Waals surface area contributed by atoms with Gasteiger partial charge in [-0.1, -0.05) is 18.2 Å². The number of rotatable bonds is 4. The van der Waals surface area contributed by atoms with E-state index in [0.717, 1.165) is 12.1 Å². The summed E-state index contributed by atoms with van der Waals surface area (Å²) in [6.45, 7) is 0.869. The van der Waals surface area contributed by atoms with Crippen molar-refractivity contribution in [2.24, 2.45) is 0 Å². The second kappa shape index (κ2) is 5.89. The van der Waals surface area contributed by atoms with Gasteiger partial charge in [-0.2, -0.15) is 0 Å². The van der Waals surface area contributed by atoms with E-state index in [9.17, 15) is 0 Å². The van der Waals surface area contributed by atoms with Crippen molar-refractivity contribution in [2.45, 2.75) is 37.9 Å². The highest BCUT2D eigenvalue weighted by atomic mass is 15.1. The quantitative estimate of drug-likeness (QED) is 0.802. The third-order valence-electron chi connectivity index (χ3n) is 4.60. The number of benzene rings is 1. The van der Waals surface area contributed by atoms with Crippen molar-refractivity contribution in [3.05, 3.63) is 60.8 Å². The number of nitrogens with zero attached hydrogens (tertiary/aromatic N) is 3. The highest BCUT2D eigenvalue weighted by molar-refractivity contribution is 5.78. The van der Waals surface area contributed by atoms with Crippen LogP contribution in [-0.4, -0.2) is 20.6 Å². The second-order valence-corrected chi connectivity index (χ2v) is 6.03. The Kier molecular flexibility index (Phi) is 3.60. The van der Waals surface area contributed by atoms with Crippen LogP contribution in [0, 0.1) is 0 Å². The summed E-state index contributed by atoms with van der Waals surface area (Å²) in [7, 11) is 0. The lowest BCUT2D eigenvalue weighted by molar-refractivity contribution is 0.390. The van der Waals surface area contributed by atoms with E-state index in [2.05, 4.69) is 50.3 Å². The number of para-hydroxylation sites is 1. The maximum atomic E-state index is 4.54. The molecule has 2 heterocycles. The summed E-state index contributed by atoms with van der Waals surface area (Å²) in [5, 5.41) is 4.92. The zero-order valence-corrected chi connectivity index (χ0v) is 12.5. The molecule has 0 amide bonds. The van der Waals surface area contributed by atoms with Crippen LogP contribution in [0.3, 0.4) is 0 Å². The SMILES string of the molecule is c1ccc2ncc(CN[C@@H]3CCC[C@@H]3n3ccnc3)cc2c1.